The molecule has 0 aliphatic rings. The highest BCUT2D eigenvalue weighted by molar-refractivity contribution is 7.90. The third-order valence-corrected chi connectivity index (χ3v) is 7.76. The van der Waals surface area contributed by atoms with Gasteiger partial charge in [-0.1, -0.05) is 63.2 Å². The van der Waals surface area contributed by atoms with Gasteiger partial charge < -0.3 is 30.0 Å². The largest absolute Gasteiger partial charge is 0.612 e. The van der Waals surface area contributed by atoms with E-state index in [1.54, 1.807) is 18.5 Å². The second kappa shape index (κ2) is 12.6. The molecule has 0 spiro atoms. The number of anilines is 4. The van der Waals surface area contributed by atoms with E-state index in [0.717, 1.165) is 22.0 Å². The number of nitrogens with zero attached hydrogens (tertiary/aromatic N) is 1. The fourth-order valence-electron chi connectivity index (χ4n) is 4.64. The van der Waals surface area contributed by atoms with Gasteiger partial charge in [-0.15, -0.1) is 0 Å². The van der Waals surface area contributed by atoms with Crippen LogP contribution in [0.5, 0.6) is 17.2 Å². The van der Waals surface area contributed by atoms with Crippen molar-refractivity contribution in [1.82, 2.24) is 4.98 Å². The summed E-state index contributed by atoms with van der Waals surface area (Å²) in [5, 5.41) is 10.8. The van der Waals surface area contributed by atoms with Crippen LogP contribution in [0.2, 0.25) is 0 Å². The summed E-state index contributed by atoms with van der Waals surface area (Å²) in [5.74, 6) is 2.12. The zero-order chi connectivity index (χ0) is 30.6. The topological polar surface area (TPSA) is 108 Å². The van der Waals surface area contributed by atoms with E-state index < -0.39 is 17.2 Å². The van der Waals surface area contributed by atoms with Crippen LogP contribution >= 0.6 is 0 Å². The zero-order valence-corrected chi connectivity index (χ0v) is 25.5. The number of pyridine rings is 1. The van der Waals surface area contributed by atoms with Gasteiger partial charge in [0.1, 0.15) is 12.0 Å². The second-order valence-corrected chi connectivity index (χ2v) is 12.3. The van der Waals surface area contributed by atoms with Crippen LogP contribution < -0.4 is 25.4 Å². The Kier molecular flexibility index (Phi) is 8.75. The summed E-state index contributed by atoms with van der Waals surface area (Å²) in [6.45, 7) is 6.18. The van der Waals surface area contributed by atoms with Gasteiger partial charge in [0, 0.05) is 28.7 Å². The smallest absolute Gasteiger partial charge is 0.323 e. The summed E-state index contributed by atoms with van der Waals surface area (Å²) in [6.07, 6.45) is 3.30. The predicted molar refractivity (Wildman–Crippen MR) is 175 cm³/mol. The third-order valence-electron chi connectivity index (χ3n) is 6.84. The Morgan fingerprint density at radius 1 is 0.837 bits per heavy atom. The molecule has 0 unspecified atom stereocenters. The maximum absolute atomic E-state index is 13.3. The number of para-hydroxylation sites is 1. The van der Waals surface area contributed by atoms with Crippen molar-refractivity contribution < 1.29 is 18.8 Å². The van der Waals surface area contributed by atoms with E-state index in [9.17, 15) is 9.35 Å². The quantitative estimate of drug-likeness (QED) is 0.156. The molecule has 1 heterocycles. The SMILES string of the molecule is COc1c(NC(=O)Nc2ccc(Oc3cccnc3Nc3ccccc3)c3ccccc23)cc(C(C)(C)C)cc1[S@@+](C)[O-]. The normalized spacial score (nSPS) is 12.0. The Hall–Kier alpha value is -4.73. The van der Waals surface area contributed by atoms with Gasteiger partial charge in [0.25, 0.3) is 0 Å². The van der Waals surface area contributed by atoms with Crippen molar-refractivity contribution in [3.63, 3.8) is 0 Å². The van der Waals surface area contributed by atoms with Crippen molar-refractivity contribution in [2.75, 3.05) is 29.3 Å². The summed E-state index contributed by atoms with van der Waals surface area (Å²) in [7, 11) is 1.50. The van der Waals surface area contributed by atoms with E-state index in [0.29, 0.717) is 39.3 Å². The molecule has 43 heavy (non-hydrogen) atoms. The minimum absolute atomic E-state index is 0.232. The molecular weight excluding hydrogens is 560 g/mol. The van der Waals surface area contributed by atoms with Crippen LogP contribution in [0.1, 0.15) is 26.3 Å². The lowest BCUT2D eigenvalue weighted by atomic mass is 9.86. The molecule has 0 saturated carbocycles. The number of nitrogens with one attached hydrogen (secondary N) is 3. The molecule has 0 radical (unpaired) electrons. The lowest BCUT2D eigenvalue weighted by molar-refractivity contribution is 0.262. The summed E-state index contributed by atoms with van der Waals surface area (Å²) in [5.41, 5.74) is 2.63. The van der Waals surface area contributed by atoms with Crippen LogP contribution in [0.4, 0.5) is 27.7 Å². The number of aromatic nitrogens is 1. The van der Waals surface area contributed by atoms with Crippen molar-refractivity contribution in [2.45, 2.75) is 31.1 Å². The number of benzene rings is 4. The van der Waals surface area contributed by atoms with Gasteiger partial charge in [-0.2, -0.15) is 0 Å². The maximum Gasteiger partial charge on any atom is 0.323 e. The number of hydrogen-bond acceptors (Lipinski definition) is 6. The first-order valence-electron chi connectivity index (χ1n) is 13.7. The Balaban J connectivity index is 1.43. The first kappa shape index (κ1) is 29.8. The van der Waals surface area contributed by atoms with Gasteiger partial charge >= 0.3 is 6.03 Å². The lowest BCUT2D eigenvalue weighted by Crippen LogP contribution is -2.22. The van der Waals surface area contributed by atoms with Crippen LogP contribution in [-0.4, -0.2) is 28.9 Å². The average Bonchev–Trinajstić information content (AvgIpc) is 2.99. The van der Waals surface area contributed by atoms with Crippen molar-refractivity contribution in [3.8, 4) is 17.2 Å². The van der Waals surface area contributed by atoms with Gasteiger partial charge in [-0.25, -0.2) is 9.78 Å². The van der Waals surface area contributed by atoms with E-state index >= 15 is 0 Å². The van der Waals surface area contributed by atoms with E-state index in [1.165, 1.54) is 7.11 Å². The summed E-state index contributed by atoms with van der Waals surface area (Å²) >= 11 is -1.32. The summed E-state index contributed by atoms with van der Waals surface area (Å²) in [4.78, 5) is 18.3. The molecule has 5 rings (SSSR count). The van der Waals surface area contributed by atoms with Crippen molar-refractivity contribution in [1.29, 1.82) is 0 Å². The van der Waals surface area contributed by atoms with Crippen LogP contribution in [-0.2, 0) is 16.6 Å². The number of methoxy groups -OCH3 is 1. The lowest BCUT2D eigenvalue weighted by Gasteiger charge is -2.23. The number of fused-ring (bicyclic) bond motifs is 1. The Bertz CT molecular complexity index is 1750. The third kappa shape index (κ3) is 6.85. The predicted octanol–water partition coefficient (Wildman–Crippen LogP) is 8.46. The number of carbonyl (C=O) groups is 1. The molecule has 3 N–H and O–H groups in total. The van der Waals surface area contributed by atoms with Crippen LogP contribution in [0.25, 0.3) is 10.8 Å². The Morgan fingerprint density at radius 2 is 1.53 bits per heavy atom. The number of ether oxygens (including phenoxy) is 2. The van der Waals surface area contributed by atoms with Gasteiger partial charge in [0.15, 0.2) is 22.2 Å². The Labute approximate surface area is 254 Å². The number of amides is 2. The van der Waals surface area contributed by atoms with Gasteiger partial charge in [-0.05, 0) is 64.6 Å². The fourth-order valence-corrected chi connectivity index (χ4v) is 5.39. The van der Waals surface area contributed by atoms with E-state index in [-0.39, 0.29) is 5.41 Å². The number of hydrogen-bond donors (Lipinski definition) is 3. The highest BCUT2D eigenvalue weighted by Crippen LogP contribution is 2.39. The monoisotopic (exact) mass is 594 g/mol. The molecule has 0 saturated heterocycles. The molecule has 0 bridgehead atoms. The van der Waals surface area contributed by atoms with E-state index in [1.807, 2.05) is 84.9 Å². The summed E-state index contributed by atoms with van der Waals surface area (Å²) < 4.78 is 24.5. The fraction of sp³-hybridized carbons (Fsp3) is 0.176. The van der Waals surface area contributed by atoms with Crippen LogP contribution in [0.3, 0.4) is 0 Å². The van der Waals surface area contributed by atoms with Crippen LogP contribution in [0.15, 0.2) is 102 Å². The van der Waals surface area contributed by atoms with Gasteiger partial charge in [-0.3, -0.25) is 0 Å². The molecule has 9 heteroatoms. The Morgan fingerprint density at radius 3 is 2.23 bits per heavy atom. The number of urea groups is 1. The molecule has 2 amide bonds. The highest BCUT2D eigenvalue weighted by Gasteiger charge is 2.25. The molecular formula is C34H34N4O4S. The molecule has 8 nitrogen and oxygen atoms in total. The first-order chi connectivity index (χ1) is 20.6. The van der Waals surface area contributed by atoms with Crippen molar-refractivity contribution in [3.05, 3.63) is 103 Å². The van der Waals surface area contributed by atoms with E-state index in [4.69, 9.17) is 9.47 Å². The van der Waals surface area contributed by atoms with E-state index in [2.05, 4.69) is 41.7 Å². The second-order valence-electron chi connectivity index (χ2n) is 10.9. The molecule has 1 aromatic heterocycles. The van der Waals surface area contributed by atoms with Crippen LogP contribution in [0, 0.1) is 0 Å². The zero-order valence-electron chi connectivity index (χ0n) is 24.7. The molecule has 0 fully saturated rings. The van der Waals surface area contributed by atoms with Crippen molar-refractivity contribution in [2.24, 2.45) is 0 Å². The molecule has 4 aromatic carbocycles. The van der Waals surface area contributed by atoms with Gasteiger partial charge in [0.05, 0.1) is 18.5 Å². The highest BCUT2D eigenvalue weighted by atomic mass is 32.2. The minimum Gasteiger partial charge on any atom is -0.612 e. The molecule has 220 valence electrons. The summed E-state index contributed by atoms with van der Waals surface area (Å²) in [6, 6.07) is 28.0. The molecule has 0 aliphatic heterocycles. The first-order valence-corrected chi connectivity index (χ1v) is 15.3. The maximum atomic E-state index is 13.3. The minimum atomic E-state index is -1.32. The number of carbonyl (C=O) groups excluding carboxylic acids is 1. The number of rotatable bonds is 8. The van der Waals surface area contributed by atoms with Crippen molar-refractivity contribution >= 4 is 50.9 Å². The molecule has 1 atom stereocenters. The standard InChI is InChI=1S/C34H34N4O4S/c1-34(2,3)22-20-27(31(41-4)30(21-22)43(5)40)38-33(39)37-26-17-18-28(25-15-10-9-14-24(25)26)42-29-16-11-19-35-32(29)36-23-12-7-6-8-13-23/h6-21H,1-5H3,(H,35,36)(H2,37,38,39)/t43-/m1/s1. The average molecular weight is 595 g/mol. The molecule has 5 aromatic rings. The van der Waals surface area contributed by atoms with Gasteiger partial charge in [0.2, 0.25) is 0 Å². The molecule has 0 aliphatic carbocycles.